The van der Waals surface area contributed by atoms with Gasteiger partial charge in [-0.05, 0) is 30.7 Å². The number of hydrogen-bond acceptors (Lipinski definition) is 4. The molecule has 0 radical (unpaired) electrons. The third-order valence-electron chi connectivity index (χ3n) is 4.32. The van der Waals surface area contributed by atoms with E-state index in [-0.39, 0.29) is 5.91 Å². The fraction of sp³-hybridized carbons (Fsp3) is 0.611. The maximum Gasteiger partial charge on any atom is 0.221 e. The number of carbonyl (C=O) groups excluding carboxylic acids is 1. The number of methoxy groups -OCH3 is 1. The highest BCUT2D eigenvalue weighted by Gasteiger charge is 2.17. The molecule has 1 aliphatic rings. The third-order valence-corrected chi connectivity index (χ3v) is 4.32. The normalized spacial score (nSPS) is 15.5. The molecule has 5 heteroatoms. The number of unbranched alkanes of at least 4 members (excludes halogenated alkanes) is 1. The zero-order valence-electron chi connectivity index (χ0n) is 14.4. The third kappa shape index (κ3) is 5.75. The molecule has 1 aromatic rings. The fourth-order valence-electron chi connectivity index (χ4n) is 2.78. The van der Waals surface area contributed by atoms with Crippen LogP contribution < -0.4 is 15.0 Å². The van der Waals surface area contributed by atoms with Crippen molar-refractivity contribution >= 4 is 11.6 Å². The second kappa shape index (κ2) is 9.40. The Morgan fingerprint density at radius 1 is 1.17 bits per heavy atom. The monoisotopic (exact) mass is 319 g/mol. The van der Waals surface area contributed by atoms with Crippen molar-refractivity contribution in [3.05, 3.63) is 24.3 Å². The summed E-state index contributed by atoms with van der Waals surface area (Å²) in [6.45, 7) is 7.82. The van der Waals surface area contributed by atoms with Gasteiger partial charge in [0.2, 0.25) is 5.91 Å². The summed E-state index contributed by atoms with van der Waals surface area (Å²) in [6, 6.07) is 8.22. The summed E-state index contributed by atoms with van der Waals surface area (Å²) in [5.41, 5.74) is 1.24. The van der Waals surface area contributed by atoms with Gasteiger partial charge in [-0.3, -0.25) is 9.69 Å². The topological polar surface area (TPSA) is 44.8 Å². The van der Waals surface area contributed by atoms with Crippen molar-refractivity contribution in [2.24, 2.45) is 0 Å². The number of carbonyl (C=O) groups is 1. The number of amides is 1. The maximum atomic E-state index is 11.7. The van der Waals surface area contributed by atoms with Crippen molar-refractivity contribution in [3.8, 4) is 5.75 Å². The number of rotatable bonds is 8. The Balaban J connectivity index is 1.68. The Morgan fingerprint density at radius 3 is 2.48 bits per heavy atom. The van der Waals surface area contributed by atoms with Gasteiger partial charge in [-0.25, -0.2) is 0 Å². The van der Waals surface area contributed by atoms with Crippen molar-refractivity contribution in [3.63, 3.8) is 0 Å². The van der Waals surface area contributed by atoms with Crippen LogP contribution in [-0.4, -0.2) is 57.2 Å². The lowest BCUT2D eigenvalue weighted by Gasteiger charge is -2.36. The molecular weight excluding hydrogens is 290 g/mol. The molecule has 1 amide bonds. The summed E-state index contributed by atoms with van der Waals surface area (Å²) in [5, 5.41) is 2.98. The van der Waals surface area contributed by atoms with Crippen LogP contribution in [0.25, 0.3) is 0 Å². The summed E-state index contributed by atoms with van der Waals surface area (Å²) >= 11 is 0. The molecule has 1 saturated heterocycles. The molecule has 23 heavy (non-hydrogen) atoms. The average molecular weight is 319 g/mol. The number of ether oxygens (including phenoxy) is 1. The van der Waals surface area contributed by atoms with Gasteiger partial charge in [0, 0.05) is 51.4 Å². The first-order chi connectivity index (χ1) is 11.2. The largest absolute Gasteiger partial charge is 0.497 e. The lowest BCUT2D eigenvalue weighted by atomic mass is 10.2. The van der Waals surface area contributed by atoms with Crippen LogP contribution in [-0.2, 0) is 4.79 Å². The number of anilines is 1. The minimum Gasteiger partial charge on any atom is -0.497 e. The van der Waals surface area contributed by atoms with E-state index in [1.165, 1.54) is 5.69 Å². The second-order valence-electron chi connectivity index (χ2n) is 5.98. The summed E-state index contributed by atoms with van der Waals surface area (Å²) in [6.07, 6.45) is 2.78. The Kier molecular flexibility index (Phi) is 7.20. The Bertz CT molecular complexity index is 468. The predicted molar refractivity (Wildman–Crippen MR) is 94.2 cm³/mol. The highest BCUT2D eigenvalue weighted by Crippen LogP contribution is 2.20. The number of benzene rings is 1. The van der Waals surface area contributed by atoms with E-state index in [1.807, 2.05) is 12.1 Å². The second-order valence-corrected chi connectivity index (χ2v) is 5.98. The molecule has 1 aliphatic heterocycles. The van der Waals surface area contributed by atoms with Crippen LogP contribution in [0, 0.1) is 0 Å². The molecule has 0 atom stereocenters. The zero-order chi connectivity index (χ0) is 16.5. The van der Waals surface area contributed by atoms with E-state index in [1.54, 1.807) is 7.11 Å². The summed E-state index contributed by atoms with van der Waals surface area (Å²) in [7, 11) is 1.69. The highest BCUT2D eigenvalue weighted by molar-refractivity contribution is 5.76. The van der Waals surface area contributed by atoms with Gasteiger partial charge in [0.05, 0.1) is 7.11 Å². The van der Waals surface area contributed by atoms with Crippen molar-refractivity contribution in [1.29, 1.82) is 0 Å². The molecule has 2 rings (SSSR count). The first kappa shape index (κ1) is 17.6. The van der Waals surface area contributed by atoms with Crippen molar-refractivity contribution in [2.45, 2.75) is 26.2 Å². The predicted octanol–water partition coefficient (Wildman–Crippen LogP) is 2.12. The van der Waals surface area contributed by atoms with E-state index in [0.29, 0.717) is 6.42 Å². The highest BCUT2D eigenvalue weighted by atomic mass is 16.5. The molecule has 0 saturated carbocycles. The summed E-state index contributed by atoms with van der Waals surface area (Å²) in [5.74, 6) is 1.07. The number of nitrogens with one attached hydrogen (secondary N) is 1. The zero-order valence-corrected chi connectivity index (χ0v) is 14.4. The number of piperazine rings is 1. The van der Waals surface area contributed by atoms with Crippen LogP contribution in [0.4, 0.5) is 5.69 Å². The molecular formula is C18H29N3O2. The maximum absolute atomic E-state index is 11.7. The molecule has 1 fully saturated rings. The lowest BCUT2D eigenvalue weighted by Crippen LogP contribution is -2.47. The van der Waals surface area contributed by atoms with Gasteiger partial charge in [-0.2, -0.15) is 0 Å². The van der Waals surface area contributed by atoms with Crippen LogP contribution in [0.1, 0.15) is 26.2 Å². The van der Waals surface area contributed by atoms with Crippen molar-refractivity contribution < 1.29 is 9.53 Å². The Hall–Kier alpha value is -1.75. The molecule has 5 nitrogen and oxygen atoms in total. The minimum atomic E-state index is 0.177. The van der Waals surface area contributed by atoms with Crippen molar-refractivity contribution in [2.75, 3.05) is 51.3 Å². The van der Waals surface area contributed by atoms with E-state index in [2.05, 4.69) is 34.2 Å². The van der Waals surface area contributed by atoms with Gasteiger partial charge < -0.3 is 15.0 Å². The Morgan fingerprint density at radius 2 is 1.87 bits per heavy atom. The first-order valence-corrected chi connectivity index (χ1v) is 8.61. The van der Waals surface area contributed by atoms with Gasteiger partial charge in [0.15, 0.2) is 0 Å². The molecule has 0 spiro atoms. The SMILES string of the molecule is CCCCNC(=O)CCN1CCN(c2ccc(OC)cc2)CC1. The van der Waals surface area contributed by atoms with Gasteiger partial charge in [-0.1, -0.05) is 13.3 Å². The average Bonchev–Trinajstić information content (AvgIpc) is 2.61. The van der Waals surface area contributed by atoms with Crippen LogP contribution in [0.2, 0.25) is 0 Å². The van der Waals surface area contributed by atoms with E-state index >= 15 is 0 Å². The van der Waals surface area contributed by atoms with Gasteiger partial charge >= 0.3 is 0 Å². The first-order valence-electron chi connectivity index (χ1n) is 8.61. The molecule has 1 aromatic carbocycles. The number of nitrogens with zero attached hydrogens (tertiary/aromatic N) is 2. The molecule has 0 aromatic heterocycles. The van der Waals surface area contributed by atoms with Crippen LogP contribution in [0.3, 0.4) is 0 Å². The van der Waals surface area contributed by atoms with Crippen LogP contribution in [0.5, 0.6) is 5.75 Å². The van der Waals surface area contributed by atoms with Gasteiger partial charge in [-0.15, -0.1) is 0 Å². The molecule has 0 aliphatic carbocycles. The van der Waals surface area contributed by atoms with E-state index in [9.17, 15) is 4.79 Å². The van der Waals surface area contributed by atoms with Crippen LogP contribution >= 0.6 is 0 Å². The minimum absolute atomic E-state index is 0.177. The molecule has 1 heterocycles. The van der Waals surface area contributed by atoms with Gasteiger partial charge in [0.1, 0.15) is 5.75 Å². The molecule has 128 valence electrons. The molecule has 0 bridgehead atoms. The fourth-order valence-corrected chi connectivity index (χ4v) is 2.78. The van der Waals surface area contributed by atoms with Gasteiger partial charge in [0.25, 0.3) is 0 Å². The van der Waals surface area contributed by atoms with Crippen molar-refractivity contribution in [1.82, 2.24) is 10.2 Å². The lowest BCUT2D eigenvalue weighted by molar-refractivity contribution is -0.121. The van der Waals surface area contributed by atoms with E-state index < -0.39 is 0 Å². The number of hydrogen-bond donors (Lipinski definition) is 1. The van der Waals surface area contributed by atoms with E-state index in [0.717, 1.165) is 57.9 Å². The molecule has 1 N–H and O–H groups in total. The smallest absolute Gasteiger partial charge is 0.221 e. The van der Waals surface area contributed by atoms with E-state index in [4.69, 9.17) is 4.74 Å². The van der Waals surface area contributed by atoms with Crippen LogP contribution in [0.15, 0.2) is 24.3 Å². The summed E-state index contributed by atoms with van der Waals surface area (Å²) < 4.78 is 5.20. The quantitative estimate of drug-likeness (QED) is 0.746. The summed E-state index contributed by atoms with van der Waals surface area (Å²) in [4.78, 5) is 16.5. The standard InChI is InChI=1S/C18H29N3O2/c1-3-4-10-19-18(22)9-11-20-12-14-21(15-13-20)16-5-7-17(23-2)8-6-16/h5-8H,3-4,9-15H2,1-2H3,(H,19,22). The molecule has 0 unspecified atom stereocenters. The Labute approximate surface area is 139 Å².